The van der Waals surface area contributed by atoms with Crippen LogP contribution in [0.5, 0.6) is 0 Å². The number of thioether (sulfide) groups is 1. The molecular weight excluding hydrogens is 292 g/mol. The van der Waals surface area contributed by atoms with Gasteiger partial charge in [-0.3, -0.25) is 4.99 Å². The fraction of sp³-hybridized carbons (Fsp3) is 0.588. The van der Waals surface area contributed by atoms with Gasteiger partial charge in [-0.2, -0.15) is 0 Å². The van der Waals surface area contributed by atoms with E-state index in [1.807, 2.05) is 18.8 Å². The van der Waals surface area contributed by atoms with Gasteiger partial charge in [0.25, 0.3) is 0 Å². The number of hydrogen-bond donors (Lipinski definition) is 2. The fourth-order valence-corrected chi connectivity index (χ4v) is 3.63. The van der Waals surface area contributed by atoms with Crippen LogP contribution in [0.4, 0.5) is 0 Å². The van der Waals surface area contributed by atoms with E-state index in [0.717, 1.165) is 19.0 Å². The molecule has 0 aliphatic carbocycles. The smallest absolute Gasteiger partial charge is 0.191 e. The van der Waals surface area contributed by atoms with E-state index < -0.39 is 0 Å². The topological polar surface area (TPSA) is 39.7 Å². The van der Waals surface area contributed by atoms with Crippen molar-refractivity contribution in [3.05, 3.63) is 30.3 Å². The van der Waals surface area contributed by atoms with Gasteiger partial charge in [0.2, 0.25) is 0 Å². The van der Waals surface area contributed by atoms with Crippen molar-refractivity contribution in [1.29, 1.82) is 0 Å². The van der Waals surface area contributed by atoms with Crippen molar-refractivity contribution in [2.75, 3.05) is 33.7 Å². The van der Waals surface area contributed by atoms with Crippen molar-refractivity contribution < 1.29 is 0 Å². The molecule has 1 aliphatic heterocycles. The summed E-state index contributed by atoms with van der Waals surface area (Å²) in [6.45, 7) is 5.32. The molecule has 0 saturated carbocycles. The standard InChI is InChI=1S/C17H28N4S/c1-14(22-16-9-5-4-6-10-16)12-19-17(18-2)20-13-15-8-7-11-21(15)3/h4-6,9-10,14-15H,7-8,11-13H2,1-3H3,(H2,18,19,20). The lowest BCUT2D eigenvalue weighted by Gasteiger charge is -2.22. The summed E-state index contributed by atoms with van der Waals surface area (Å²) in [6.07, 6.45) is 2.58. The Balaban J connectivity index is 1.69. The summed E-state index contributed by atoms with van der Waals surface area (Å²) in [6, 6.07) is 11.2. The van der Waals surface area contributed by atoms with E-state index in [-0.39, 0.29) is 0 Å². The van der Waals surface area contributed by atoms with Gasteiger partial charge in [0.05, 0.1) is 0 Å². The largest absolute Gasteiger partial charge is 0.355 e. The van der Waals surface area contributed by atoms with Crippen molar-refractivity contribution in [2.24, 2.45) is 4.99 Å². The minimum absolute atomic E-state index is 0.495. The fourth-order valence-electron chi connectivity index (χ4n) is 2.69. The lowest BCUT2D eigenvalue weighted by atomic mass is 10.2. The van der Waals surface area contributed by atoms with Gasteiger partial charge in [-0.1, -0.05) is 25.1 Å². The highest BCUT2D eigenvalue weighted by Crippen LogP contribution is 2.21. The lowest BCUT2D eigenvalue weighted by Crippen LogP contribution is -2.45. The van der Waals surface area contributed by atoms with Crippen LogP contribution in [0.3, 0.4) is 0 Å². The number of nitrogens with one attached hydrogen (secondary N) is 2. The normalized spacial score (nSPS) is 20.9. The molecule has 1 aromatic rings. The van der Waals surface area contributed by atoms with E-state index in [9.17, 15) is 0 Å². The van der Waals surface area contributed by atoms with E-state index in [1.54, 1.807) is 0 Å². The predicted octanol–water partition coefficient (Wildman–Crippen LogP) is 2.43. The molecule has 1 aromatic carbocycles. The van der Waals surface area contributed by atoms with Crippen LogP contribution in [0.25, 0.3) is 0 Å². The Morgan fingerprint density at radius 1 is 1.36 bits per heavy atom. The zero-order valence-corrected chi connectivity index (χ0v) is 14.7. The molecule has 1 fully saturated rings. The number of likely N-dealkylation sites (tertiary alicyclic amines) is 1. The van der Waals surface area contributed by atoms with Crippen LogP contribution in [0, 0.1) is 0 Å². The minimum atomic E-state index is 0.495. The molecule has 1 aliphatic rings. The summed E-state index contributed by atoms with van der Waals surface area (Å²) in [5.41, 5.74) is 0. The van der Waals surface area contributed by atoms with Gasteiger partial charge in [0.1, 0.15) is 0 Å². The maximum atomic E-state index is 4.32. The predicted molar refractivity (Wildman–Crippen MR) is 96.8 cm³/mol. The van der Waals surface area contributed by atoms with Gasteiger partial charge >= 0.3 is 0 Å². The summed E-state index contributed by atoms with van der Waals surface area (Å²) in [7, 11) is 4.04. The SMILES string of the molecule is CN=C(NCC(C)Sc1ccccc1)NCC1CCCN1C. The highest BCUT2D eigenvalue weighted by atomic mass is 32.2. The molecular formula is C17H28N4S. The first-order chi connectivity index (χ1) is 10.7. The monoisotopic (exact) mass is 320 g/mol. The highest BCUT2D eigenvalue weighted by molar-refractivity contribution is 8.00. The van der Waals surface area contributed by atoms with Crippen LogP contribution in [0.2, 0.25) is 0 Å². The number of guanidine groups is 1. The second-order valence-electron chi connectivity index (χ2n) is 5.85. The molecule has 1 saturated heterocycles. The number of benzene rings is 1. The third kappa shape index (κ3) is 5.54. The summed E-state index contributed by atoms with van der Waals surface area (Å²) >= 11 is 1.89. The molecule has 0 radical (unpaired) electrons. The molecule has 2 N–H and O–H groups in total. The molecule has 1 heterocycles. The van der Waals surface area contributed by atoms with Crippen LogP contribution < -0.4 is 10.6 Å². The van der Waals surface area contributed by atoms with E-state index in [2.05, 4.69) is 64.8 Å². The van der Waals surface area contributed by atoms with E-state index in [4.69, 9.17) is 0 Å². The Labute approximate surface area is 138 Å². The minimum Gasteiger partial charge on any atom is -0.355 e. The van der Waals surface area contributed by atoms with Crippen molar-refractivity contribution in [1.82, 2.24) is 15.5 Å². The van der Waals surface area contributed by atoms with E-state index in [1.165, 1.54) is 24.3 Å². The van der Waals surface area contributed by atoms with Gasteiger partial charge in [0, 0.05) is 36.3 Å². The molecule has 5 heteroatoms. The molecule has 0 aromatic heterocycles. The van der Waals surface area contributed by atoms with Gasteiger partial charge in [-0.05, 0) is 38.6 Å². The summed E-state index contributed by atoms with van der Waals surface area (Å²) < 4.78 is 0. The second-order valence-corrected chi connectivity index (χ2v) is 7.36. The van der Waals surface area contributed by atoms with Crippen molar-refractivity contribution in [3.8, 4) is 0 Å². The van der Waals surface area contributed by atoms with Crippen LogP contribution in [-0.2, 0) is 0 Å². The average molecular weight is 321 g/mol. The zero-order valence-electron chi connectivity index (χ0n) is 13.9. The number of rotatable bonds is 6. The second kappa shape index (κ2) is 9.06. The first-order valence-corrected chi connectivity index (χ1v) is 8.93. The maximum Gasteiger partial charge on any atom is 0.191 e. The Kier molecular flexibility index (Phi) is 7.06. The average Bonchev–Trinajstić information content (AvgIpc) is 2.94. The van der Waals surface area contributed by atoms with E-state index >= 15 is 0 Å². The van der Waals surface area contributed by atoms with Crippen LogP contribution in [0.15, 0.2) is 40.2 Å². The zero-order chi connectivity index (χ0) is 15.8. The molecule has 2 atom stereocenters. The van der Waals surface area contributed by atoms with Crippen LogP contribution in [-0.4, -0.2) is 55.9 Å². The van der Waals surface area contributed by atoms with Crippen molar-refractivity contribution in [2.45, 2.75) is 36.0 Å². The molecule has 2 unspecified atom stereocenters. The Hall–Kier alpha value is -1.20. The number of aliphatic imine (C=N–C) groups is 1. The van der Waals surface area contributed by atoms with Gasteiger partial charge in [-0.15, -0.1) is 11.8 Å². The Morgan fingerprint density at radius 2 is 2.14 bits per heavy atom. The molecule has 0 bridgehead atoms. The van der Waals surface area contributed by atoms with Gasteiger partial charge in [-0.25, -0.2) is 0 Å². The third-order valence-electron chi connectivity index (χ3n) is 4.04. The molecule has 22 heavy (non-hydrogen) atoms. The van der Waals surface area contributed by atoms with Gasteiger partial charge in [0.15, 0.2) is 5.96 Å². The van der Waals surface area contributed by atoms with E-state index in [0.29, 0.717) is 11.3 Å². The van der Waals surface area contributed by atoms with Crippen molar-refractivity contribution in [3.63, 3.8) is 0 Å². The number of nitrogens with zero attached hydrogens (tertiary/aromatic N) is 2. The number of likely N-dealkylation sites (N-methyl/N-ethyl adjacent to an activating group) is 1. The summed E-state index contributed by atoms with van der Waals surface area (Å²) in [4.78, 5) is 8.06. The molecule has 0 amide bonds. The first-order valence-electron chi connectivity index (χ1n) is 8.05. The van der Waals surface area contributed by atoms with Gasteiger partial charge < -0.3 is 15.5 Å². The molecule has 4 nitrogen and oxygen atoms in total. The molecule has 2 rings (SSSR count). The van der Waals surface area contributed by atoms with Crippen LogP contribution >= 0.6 is 11.8 Å². The summed E-state index contributed by atoms with van der Waals surface area (Å²) in [5.74, 6) is 0.904. The van der Waals surface area contributed by atoms with Crippen LogP contribution in [0.1, 0.15) is 19.8 Å². The first kappa shape index (κ1) is 17.2. The molecule has 122 valence electrons. The van der Waals surface area contributed by atoms with Crippen molar-refractivity contribution >= 4 is 17.7 Å². The Morgan fingerprint density at radius 3 is 2.77 bits per heavy atom. The Bertz CT molecular complexity index is 463. The lowest BCUT2D eigenvalue weighted by molar-refractivity contribution is 0.309. The molecule has 0 spiro atoms. The third-order valence-corrected chi connectivity index (χ3v) is 5.15. The summed E-state index contributed by atoms with van der Waals surface area (Å²) in [5, 5.41) is 7.37. The maximum absolute atomic E-state index is 4.32. The highest BCUT2D eigenvalue weighted by Gasteiger charge is 2.20. The quantitative estimate of drug-likeness (QED) is 0.480. The number of hydrogen-bond acceptors (Lipinski definition) is 3.